The maximum Gasteiger partial charge on any atom is 0.256 e. The molecule has 5 rings (SSSR count). The van der Waals surface area contributed by atoms with Crippen LogP contribution in [-0.4, -0.2) is 40.8 Å². The number of hydrogen-bond acceptors (Lipinski definition) is 5. The van der Waals surface area contributed by atoms with E-state index in [2.05, 4.69) is 5.32 Å². The fraction of sp³-hybridized carbons (Fsp3) is 0.226. The predicted molar refractivity (Wildman–Crippen MR) is 146 cm³/mol. The van der Waals surface area contributed by atoms with Gasteiger partial charge >= 0.3 is 0 Å². The molecule has 4 aromatic rings. The number of imide groups is 1. The zero-order valence-corrected chi connectivity index (χ0v) is 21.2. The van der Waals surface area contributed by atoms with E-state index in [1.165, 1.54) is 4.90 Å². The summed E-state index contributed by atoms with van der Waals surface area (Å²) in [6, 6.07) is 26.7. The summed E-state index contributed by atoms with van der Waals surface area (Å²) in [5.74, 6) is -0.357. The normalized spacial score (nSPS) is 14.1. The van der Waals surface area contributed by atoms with Crippen LogP contribution in [0.3, 0.4) is 0 Å². The Morgan fingerprint density at radius 1 is 0.921 bits per heavy atom. The Kier molecular flexibility index (Phi) is 7.45. The van der Waals surface area contributed by atoms with Gasteiger partial charge in [0, 0.05) is 23.8 Å². The number of rotatable bonds is 9. The Labute approximate surface area is 221 Å². The Hall–Kier alpha value is -4.52. The van der Waals surface area contributed by atoms with E-state index < -0.39 is 0 Å². The maximum atomic E-state index is 14.0. The van der Waals surface area contributed by atoms with Crippen molar-refractivity contribution in [3.05, 3.63) is 96.1 Å². The fourth-order valence-corrected chi connectivity index (χ4v) is 4.80. The number of ether oxygens (including phenoxy) is 1. The van der Waals surface area contributed by atoms with Crippen molar-refractivity contribution in [2.75, 3.05) is 13.2 Å². The van der Waals surface area contributed by atoms with E-state index in [0.717, 1.165) is 11.1 Å². The summed E-state index contributed by atoms with van der Waals surface area (Å²) in [5, 5.41) is 3.85. The van der Waals surface area contributed by atoms with E-state index in [1.54, 1.807) is 0 Å². The summed E-state index contributed by atoms with van der Waals surface area (Å²) in [6.07, 6.45) is 1.15. The number of pyridine rings is 1. The fourth-order valence-electron chi connectivity index (χ4n) is 4.80. The molecule has 0 aliphatic carbocycles. The van der Waals surface area contributed by atoms with E-state index in [4.69, 9.17) is 9.72 Å². The summed E-state index contributed by atoms with van der Waals surface area (Å²) in [4.78, 5) is 44.3. The standard InChI is InChI=1S/C31H29N3O4/c1-2-24(21-11-5-3-6-12-21)33-31(37)28-23-15-9-10-16-25(23)32-29(22-13-7-4-8-14-22)30(28)38-20-19-34-26(35)17-18-27(34)36/h3-16,24H,2,17-20H2,1H3,(H,33,37)/t24-/m0/s1. The molecule has 38 heavy (non-hydrogen) atoms. The smallest absolute Gasteiger partial charge is 0.256 e. The lowest BCUT2D eigenvalue weighted by Gasteiger charge is -2.22. The molecule has 1 N–H and O–H groups in total. The van der Waals surface area contributed by atoms with E-state index in [9.17, 15) is 14.4 Å². The molecule has 1 saturated heterocycles. The van der Waals surface area contributed by atoms with Crippen LogP contribution in [-0.2, 0) is 9.59 Å². The number of hydrogen-bond donors (Lipinski definition) is 1. The van der Waals surface area contributed by atoms with Crippen molar-refractivity contribution in [3.63, 3.8) is 0 Å². The van der Waals surface area contributed by atoms with Gasteiger partial charge in [-0.3, -0.25) is 19.3 Å². The Balaban J connectivity index is 1.58. The van der Waals surface area contributed by atoms with E-state index in [1.807, 2.05) is 91.9 Å². The van der Waals surface area contributed by atoms with E-state index in [0.29, 0.717) is 34.3 Å². The molecular weight excluding hydrogens is 478 g/mol. The molecule has 0 spiro atoms. The van der Waals surface area contributed by atoms with E-state index >= 15 is 0 Å². The molecule has 1 aromatic heterocycles. The molecule has 3 aromatic carbocycles. The quantitative estimate of drug-likeness (QED) is 0.310. The predicted octanol–water partition coefficient (Wildman–Crippen LogP) is 5.31. The van der Waals surface area contributed by atoms with Gasteiger partial charge in [-0.05, 0) is 18.1 Å². The lowest BCUT2D eigenvalue weighted by atomic mass is 10.00. The highest BCUT2D eigenvalue weighted by Gasteiger charge is 2.29. The minimum absolute atomic E-state index is 0.0491. The number of para-hydroxylation sites is 1. The van der Waals surface area contributed by atoms with Crippen LogP contribution in [0.15, 0.2) is 84.9 Å². The molecule has 7 heteroatoms. The molecule has 7 nitrogen and oxygen atoms in total. The van der Waals surface area contributed by atoms with Crippen LogP contribution in [0.4, 0.5) is 0 Å². The van der Waals surface area contributed by atoms with Crippen molar-refractivity contribution in [1.82, 2.24) is 15.2 Å². The van der Waals surface area contributed by atoms with Crippen LogP contribution < -0.4 is 10.1 Å². The lowest BCUT2D eigenvalue weighted by molar-refractivity contribution is -0.138. The molecule has 1 aliphatic rings. The van der Waals surface area contributed by atoms with Gasteiger partial charge in [-0.25, -0.2) is 4.98 Å². The van der Waals surface area contributed by atoms with Crippen molar-refractivity contribution in [1.29, 1.82) is 0 Å². The Bertz CT molecular complexity index is 1460. The van der Waals surface area contributed by atoms with Gasteiger partial charge in [0.15, 0.2) is 5.75 Å². The van der Waals surface area contributed by atoms with Gasteiger partial charge in [-0.15, -0.1) is 0 Å². The number of likely N-dealkylation sites (tertiary alicyclic amines) is 1. The topological polar surface area (TPSA) is 88.6 Å². The van der Waals surface area contributed by atoms with Crippen LogP contribution >= 0.6 is 0 Å². The number of nitrogens with one attached hydrogen (secondary N) is 1. The Morgan fingerprint density at radius 3 is 2.24 bits per heavy atom. The largest absolute Gasteiger partial charge is 0.489 e. The number of fused-ring (bicyclic) bond motifs is 1. The third-order valence-corrected chi connectivity index (χ3v) is 6.75. The monoisotopic (exact) mass is 507 g/mol. The van der Waals surface area contributed by atoms with Crippen LogP contribution in [0, 0.1) is 0 Å². The van der Waals surface area contributed by atoms with Crippen LogP contribution in [0.25, 0.3) is 22.2 Å². The molecule has 0 saturated carbocycles. The number of aromatic nitrogens is 1. The second kappa shape index (κ2) is 11.3. The average Bonchev–Trinajstić information content (AvgIpc) is 3.28. The van der Waals surface area contributed by atoms with Crippen molar-refractivity contribution >= 4 is 28.6 Å². The van der Waals surface area contributed by atoms with Crippen molar-refractivity contribution < 1.29 is 19.1 Å². The molecule has 0 unspecified atom stereocenters. The lowest BCUT2D eigenvalue weighted by Crippen LogP contribution is -2.33. The molecular formula is C31H29N3O4. The van der Waals surface area contributed by atoms with Gasteiger partial charge in [0.25, 0.3) is 5.91 Å². The van der Waals surface area contributed by atoms with Gasteiger partial charge in [0.2, 0.25) is 11.8 Å². The van der Waals surface area contributed by atoms with Crippen molar-refractivity contribution in [3.8, 4) is 17.0 Å². The number of benzene rings is 3. The number of carbonyl (C=O) groups is 3. The van der Waals surface area contributed by atoms with Crippen LogP contribution in [0.1, 0.15) is 48.1 Å². The first kappa shape index (κ1) is 25.1. The highest BCUT2D eigenvalue weighted by atomic mass is 16.5. The van der Waals surface area contributed by atoms with Crippen LogP contribution in [0.2, 0.25) is 0 Å². The van der Waals surface area contributed by atoms with Gasteiger partial charge in [0.1, 0.15) is 12.3 Å². The first-order valence-corrected chi connectivity index (χ1v) is 12.9. The summed E-state index contributed by atoms with van der Waals surface area (Å²) in [7, 11) is 0. The van der Waals surface area contributed by atoms with Gasteiger partial charge in [-0.2, -0.15) is 0 Å². The number of nitrogens with zero attached hydrogens (tertiary/aromatic N) is 2. The van der Waals surface area contributed by atoms with Gasteiger partial charge in [0.05, 0.1) is 23.7 Å². The van der Waals surface area contributed by atoms with Crippen molar-refractivity contribution in [2.45, 2.75) is 32.2 Å². The molecule has 0 bridgehead atoms. The molecule has 192 valence electrons. The minimum atomic E-state index is -0.278. The van der Waals surface area contributed by atoms with E-state index in [-0.39, 0.29) is 49.8 Å². The van der Waals surface area contributed by atoms with Gasteiger partial charge in [-0.1, -0.05) is 85.8 Å². The third-order valence-electron chi connectivity index (χ3n) is 6.75. The molecule has 1 atom stereocenters. The second-order valence-corrected chi connectivity index (χ2v) is 9.18. The zero-order chi connectivity index (χ0) is 26.5. The van der Waals surface area contributed by atoms with Crippen molar-refractivity contribution in [2.24, 2.45) is 0 Å². The Morgan fingerprint density at radius 2 is 1.55 bits per heavy atom. The summed E-state index contributed by atoms with van der Waals surface area (Å²) in [6.45, 7) is 2.19. The second-order valence-electron chi connectivity index (χ2n) is 9.18. The highest BCUT2D eigenvalue weighted by molar-refractivity contribution is 6.10. The first-order valence-electron chi connectivity index (χ1n) is 12.9. The molecule has 3 amide bonds. The first-order chi connectivity index (χ1) is 18.6. The van der Waals surface area contributed by atoms with Gasteiger partial charge < -0.3 is 10.1 Å². The highest BCUT2D eigenvalue weighted by Crippen LogP contribution is 2.37. The molecule has 0 radical (unpaired) electrons. The maximum absolute atomic E-state index is 14.0. The minimum Gasteiger partial charge on any atom is -0.489 e. The third kappa shape index (κ3) is 5.13. The molecule has 1 fully saturated rings. The summed E-state index contributed by atoms with van der Waals surface area (Å²) in [5.41, 5.74) is 3.38. The number of amides is 3. The SMILES string of the molecule is CC[C@H](NC(=O)c1c(OCCN2C(=O)CCC2=O)c(-c2ccccc2)nc2ccccc12)c1ccccc1. The van der Waals surface area contributed by atoms with Crippen LogP contribution in [0.5, 0.6) is 5.75 Å². The average molecular weight is 508 g/mol. The molecule has 2 heterocycles. The zero-order valence-electron chi connectivity index (χ0n) is 21.2. The summed E-state index contributed by atoms with van der Waals surface area (Å²) >= 11 is 0. The summed E-state index contributed by atoms with van der Waals surface area (Å²) < 4.78 is 6.26. The number of carbonyl (C=O) groups excluding carboxylic acids is 3. The molecule has 1 aliphatic heterocycles.